The summed E-state index contributed by atoms with van der Waals surface area (Å²) in [5, 5.41) is 8.87. The van der Waals surface area contributed by atoms with Gasteiger partial charge in [-0.1, -0.05) is 11.3 Å². The molecule has 3 aliphatic rings. The Morgan fingerprint density at radius 2 is 1.86 bits per heavy atom. The monoisotopic (exact) mass is 421 g/mol. The van der Waals surface area contributed by atoms with Gasteiger partial charge in [-0.15, -0.1) is 0 Å². The van der Waals surface area contributed by atoms with Gasteiger partial charge in [0.25, 0.3) is 5.91 Å². The third-order valence-corrected chi connectivity index (χ3v) is 7.54. The van der Waals surface area contributed by atoms with E-state index < -0.39 is 10.0 Å². The molecule has 4 heterocycles. The van der Waals surface area contributed by atoms with E-state index >= 15 is 0 Å². The maximum atomic E-state index is 12.7. The van der Waals surface area contributed by atoms with E-state index in [0.717, 1.165) is 25.9 Å². The van der Waals surface area contributed by atoms with Crippen LogP contribution in [0.5, 0.6) is 10.8 Å². The third kappa shape index (κ3) is 3.93. The lowest BCUT2D eigenvalue weighted by Crippen LogP contribution is -2.62. The van der Waals surface area contributed by atoms with Gasteiger partial charge in [-0.05, 0) is 75.2 Å². The van der Waals surface area contributed by atoms with Gasteiger partial charge < -0.3 is 10.1 Å². The maximum Gasteiger partial charge on any atom is 0.261 e. The summed E-state index contributed by atoms with van der Waals surface area (Å²) in [6.45, 7) is 4.43. The zero-order valence-corrected chi connectivity index (χ0v) is 17.1. The zero-order valence-electron chi connectivity index (χ0n) is 15.5. The van der Waals surface area contributed by atoms with Crippen molar-refractivity contribution >= 4 is 27.3 Å². The van der Waals surface area contributed by atoms with Crippen LogP contribution in [-0.4, -0.2) is 44.4 Å². The number of rotatable bonds is 5. The molecule has 3 fully saturated rings. The summed E-state index contributed by atoms with van der Waals surface area (Å²) >= 11 is 1.26. The van der Waals surface area contributed by atoms with Crippen LogP contribution in [0.2, 0.25) is 0 Å². The number of nitrogens with two attached hydrogens (primary N) is 1. The first-order valence-corrected chi connectivity index (χ1v) is 11.6. The molecule has 0 spiro atoms. The number of fused-ring (bicyclic) bond motifs is 3. The van der Waals surface area contributed by atoms with Crippen molar-refractivity contribution in [3.8, 4) is 10.8 Å². The third-order valence-electron chi connectivity index (χ3n) is 5.65. The minimum atomic E-state index is -3.73. The van der Waals surface area contributed by atoms with Crippen molar-refractivity contribution in [2.24, 2.45) is 11.1 Å². The van der Waals surface area contributed by atoms with E-state index in [4.69, 9.17) is 9.88 Å². The molecule has 1 aromatic carbocycles. The van der Waals surface area contributed by atoms with Crippen LogP contribution in [-0.2, 0) is 10.0 Å². The summed E-state index contributed by atoms with van der Waals surface area (Å²) in [5.41, 5.74) is 0. The Bertz CT molecular complexity index is 961. The molecule has 0 radical (unpaired) electrons. The molecule has 2 aromatic rings. The van der Waals surface area contributed by atoms with Crippen molar-refractivity contribution in [2.75, 3.05) is 13.1 Å². The van der Waals surface area contributed by atoms with E-state index in [2.05, 4.69) is 17.1 Å². The average Bonchev–Trinajstić information content (AvgIpc) is 3.13. The summed E-state index contributed by atoms with van der Waals surface area (Å²) < 4.78 is 28.3. The average molecular weight is 422 g/mol. The Hall–Kier alpha value is -1.94. The first kappa shape index (κ1) is 19.4. The highest BCUT2D eigenvalue weighted by Crippen LogP contribution is 2.33. The standard InChI is InChI=1S/C19H23N3O4S2/c1-12-18(13-8-10-22(12)11-9-13)21-19(23)16-6-7-17(27-16)26-14-2-4-15(5-3-14)28(20,24)25/h2-7,12-13,18H,8-11H2,1H3,(H,21,23)(H2,20,24,25)/t12-,18+/m1/s1. The van der Waals surface area contributed by atoms with Crippen LogP contribution >= 0.6 is 11.3 Å². The van der Waals surface area contributed by atoms with Crippen LogP contribution in [0.25, 0.3) is 0 Å². The van der Waals surface area contributed by atoms with E-state index in [1.807, 2.05) is 0 Å². The number of ether oxygens (including phenoxy) is 1. The van der Waals surface area contributed by atoms with Gasteiger partial charge in [-0.3, -0.25) is 9.69 Å². The second-order valence-electron chi connectivity index (χ2n) is 7.35. The van der Waals surface area contributed by atoms with Crippen LogP contribution in [0.1, 0.15) is 29.4 Å². The number of sulfonamides is 1. The molecule has 1 aromatic heterocycles. The lowest BCUT2D eigenvalue weighted by atomic mass is 9.79. The van der Waals surface area contributed by atoms with Crippen LogP contribution in [0, 0.1) is 5.92 Å². The topological polar surface area (TPSA) is 102 Å². The molecule has 0 unspecified atom stereocenters. The summed E-state index contributed by atoms with van der Waals surface area (Å²) in [6, 6.07) is 9.90. The minimum Gasteiger partial charge on any atom is -0.447 e. The van der Waals surface area contributed by atoms with Gasteiger partial charge in [0.15, 0.2) is 5.06 Å². The van der Waals surface area contributed by atoms with Crippen LogP contribution in [0.3, 0.4) is 0 Å². The van der Waals surface area contributed by atoms with Crippen LogP contribution < -0.4 is 15.2 Å². The molecule has 1 amide bonds. The van der Waals surface area contributed by atoms with Gasteiger partial charge in [0.05, 0.1) is 9.77 Å². The fraction of sp³-hybridized carbons (Fsp3) is 0.421. The largest absolute Gasteiger partial charge is 0.447 e. The van der Waals surface area contributed by atoms with Crippen molar-refractivity contribution < 1.29 is 17.9 Å². The number of primary sulfonamides is 1. The van der Waals surface area contributed by atoms with Crippen molar-refractivity contribution in [1.29, 1.82) is 0 Å². The number of hydrogen-bond donors (Lipinski definition) is 2. The summed E-state index contributed by atoms with van der Waals surface area (Å²) in [6.07, 6.45) is 2.28. The number of benzene rings is 1. The molecule has 150 valence electrons. The molecule has 2 atom stereocenters. The smallest absolute Gasteiger partial charge is 0.261 e. The highest BCUT2D eigenvalue weighted by atomic mass is 32.2. The van der Waals surface area contributed by atoms with Gasteiger partial charge in [0.1, 0.15) is 5.75 Å². The lowest BCUT2D eigenvalue weighted by Gasteiger charge is -2.49. The van der Waals surface area contributed by atoms with Crippen molar-refractivity contribution in [3.05, 3.63) is 41.3 Å². The number of amides is 1. The van der Waals surface area contributed by atoms with Gasteiger partial charge in [-0.25, -0.2) is 13.6 Å². The van der Waals surface area contributed by atoms with E-state index in [0.29, 0.717) is 27.6 Å². The molecule has 3 saturated heterocycles. The molecule has 7 nitrogen and oxygen atoms in total. The number of nitrogens with zero attached hydrogens (tertiary/aromatic N) is 1. The number of carbonyl (C=O) groups excluding carboxylic acids is 1. The highest BCUT2D eigenvalue weighted by molar-refractivity contribution is 7.89. The zero-order chi connectivity index (χ0) is 19.9. The molecule has 5 rings (SSSR count). The maximum absolute atomic E-state index is 12.7. The summed E-state index contributed by atoms with van der Waals surface area (Å²) in [7, 11) is -3.73. The fourth-order valence-electron chi connectivity index (χ4n) is 4.08. The van der Waals surface area contributed by atoms with E-state index in [-0.39, 0.29) is 16.8 Å². The normalized spacial score (nSPS) is 26.8. The van der Waals surface area contributed by atoms with Crippen LogP contribution in [0.4, 0.5) is 0 Å². The number of thiophene rings is 1. The van der Waals surface area contributed by atoms with Gasteiger partial charge >= 0.3 is 0 Å². The number of nitrogens with one attached hydrogen (secondary N) is 1. The Morgan fingerprint density at radius 3 is 2.46 bits per heavy atom. The predicted molar refractivity (Wildman–Crippen MR) is 107 cm³/mol. The van der Waals surface area contributed by atoms with E-state index in [1.54, 1.807) is 12.1 Å². The first-order valence-electron chi connectivity index (χ1n) is 9.27. The predicted octanol–water partition coefficient (Wildman–Crippen LogP) is 2.40. The molecular weight excluding hydrogens is 398 g/mol. The van der Waals surface area contributed by atoms with Crippen molar-refractivity contribution in [1.82, 2.24) is 10.2 Å². The summed E-state index contributed by atoms with van der Waals surface area (Å²) in [4.78, 5) is 15.8. The Labute approximate surface area is 168 Å². The number of carbonyl (C=O) groups is 1. The lowest BCUT2D eigenvalue weighted by molar-refractivity contribution is 0.0218. The van der Waals surface area contributed by atoms with Gasteiger partial charge in [-0.2, -0.15) is 0 Å². The van der Waals surface area contributed by atoms with E-state index in [9.17, 15) is 13.2 Å². The Balaban J connectivity index is 1.40. The fourth-order valence-corrected chi connectivity index (χ4v) is 5.37. The molecule has 3 N–H and O–H groups in total. The first-order chi connectivity index (χ1) is 13.3. The molecule has 28 heavy (non-hydrogen) atoms. The molecule has 0 aliphatic carbocycles. The molecule has 9 heteroatoms. The molecule has 2 bridgehead atoms. The second kappa shape index (κ2) is 7.47. The molecular formula is C19H23N3O4S2. The summed E-state index contributed by atoms with van der Waals surface area (Å²) in [5.74, 6) is 0.958. The second-order valence-corrected chi connectivity index (χ2v) is 9.96. The van der Waals surface area contributed by atoms with Gasteiger partial charge in [0, 0.05) is 12.1 Å². The SMILES string of the molecule is C[C@@H]1[C@H](NC(=O)c2ccc(Oc3ccc(S(N)(=O)=O)cc3)s2)C2CCN1CC2. The van der Waals surface area contributed by atoms with E-state index in [1.165, 1.54) is 35.6 Å². The molecule has 3 aliphatic heterocycles. The Kier molecular flexibility index (Phi) is 5.17. The van der Waals surface area contributed by atoms with Crippen LogP contribution in [0.15, 0.2) is 41.3 Å². The van der Waals surface area contributed by atoms with Crippen molar-refractivity contribution in [3.63, 3.8) is 0 Å². The molecule has 0 saturated carbocycles. The minimum absolute atomic E-state index is 0.0257. The highest BCUT2D eigenvalue weighted by Gasteiger charge is 2.40. The Morgan fingerprint density at radius 1 is 1.18 bits per heavy atom. The number of piperidine rings is 3. The quantitative estimate of drug-likeness (QED) is 0.772. The number of hydrogen-bond acceptors (Lipinski definition) is 6. The van der Waals surface area contributed by atoms with Gasteiger partial charge in [0.2, 0.25) is 10.0 Å². The van der Waals surface area contributed by atoms with Crippen molar-refractivity contribution in [2.45, 2.75) is 36.7 Å².